The highest BCUT2D eigenvalue weighted by Crippen LogP contribution is 2.47. The summed E-state index contributed by atoms with van der Waals surface area (Å²) in [6.07, 6.45) is -0.252. The number of hydrogen-bond donors (Lipinski definition) is 0. The van der Waals surface area contributed by atoms with Crippen molar-refractivity contribution < 1.29 is 18.6 Å². The molecule has 0 aliphatic carbocycles. The van der Waals surface area contributed by atoms with E-state index < -0.39 is 19.4 Å². The quantitative estimate of drug-likeness (QED) is 0.570. The maximum absolute atomic E-state index is 12.8. The lowest BCUT2D eigenvalue weighted by molar-refractivity contribution is -0.148. The first-order chi connectivity index (χ1) is 11.0. The molecular weight excluding hydrogens is 311 g/mol. The highest BCUT2D eigenvalue weighted by molar-refractivity contribution is 7.57. The number of carbonyl (C=O) groups is 1. The van der Waals surface area contributed by atoms with E-state index in [4.69, 9.17) is 9.26 Å². The van der Waals surface area contributed by atoms with Crippen molar-refractivity contribution in [1.29, 1.82) is 0 Å². The first kappa shape index (κ1) is 17.5. The second kappa shape index (κ2) is 8.09. The fourth-order valence-electron chi connectivity index (χ4n) is 2.34. The molecule has 2 atom stereocenters. The van der Waals surface area contributed by atoms with Gasteiger partial charge in [-0.3, -0.25) is 4.57 Å². The Kier molecular flexibility index (Phi) is 6.14. The fourth-order valence-corrected chi connectivity index (χ4v) is 3.99. The number of ether oxygens (including phenoxy) is 1. The summed E-state index contributed by atoms with van der Waals surface area (Å²) in [5.74, 6) is -0.510. The molecule has 0 heterocycles. The summed E-state index contributed by atoms with van der Waals surface area (Å²) in [6, 6.07) is 18.9. The molecule has 122 valence electrons. The minimum Gasteiger partial charge on any atom is -0.467 e. The number of rotatable bonds is 7. The van der Waals surface area contributed by atoms with E-state index in [0.717, 1.165) is 11.1 Å². The Hall–Kier alpha value is -1.90. The molecule has 0 aliphatic heterocycles. The van der Waals surface area contributed by atoms with Gasteiger partial charge in [0.25, 0.3) is 0 Å². The van der Waals surface area contributed by atoms with Gasteiger partial charge in [0, 0.05) is 19.2 Å². The van der Waals surface area contributed by atoms with E-state index in [-0.39, 0.29) is 6.16 Å². The Morgan fingerprint density at radius 1 is 1.00 bits per heavy atom. The third-order valence-electron chi connectivity index (χ3n) is 3.39. The molecule has 4 nitrogen and oxygen atoms in total. The molecule has 2 aromatic rings. The third-order valence-corrected chi connectivity index (χ3v) is 5.03. The van der Waals surface area contributed by atoms with Crippen LogP contribution in [0, 0.1) is 0 Å². The zero-order chi connectivity index (χ0) is 16.7. The Bertz CT molecular complexity index is 670. The lowest BCUT2D eigenvalue weighted by Crippen LogP contribution is -2.27. The van der Waals surface area contributed by atoms with Crippen molar-refractivity contribution in [2.75, 3.05) is 13.8 Å². The highest BCUT2D eigenvalue weighted by atomic mass is 31.2. The highest BCUT2D eigenvalue weighted by Gasteiger charge is 2.28. The summed E-state index contributed by atoms with van der Waals surface area (Å²) in [4.78, 5) is 12.0. The summed E-state index contributed by atoms with van der Waals surface area (Å²) in [5.41, 5.74) is 1.85. The Morgan fingerprint density at radius 2 is 1.52 bits per heavy atom. The van der Waals surface area contributed by atoms with Crippen molar-refractivity contribution in [3.8, 4) is 0 Å². The Morgan fingerprint density at radius 3 is 2.04 bits per heavy atom. The molecule has 0 N–H and O–H groups in total. The van der Waals surface area contributed by atoms with Crippen LogP contribution in [0.25, 0.3) is 0 Å². The number of benzene rings is 2. The molecule has 0 bridgehead atoms. The molecule has 2 aromatic carbocycles. The van der Waals surface area contributed by atoms with E-state index in [1.54, 1.807) is 6.66 Å². The van der Waals surface area contributed by atoms with Gasteiger partial charge in [0.15, 0.2) is 6.10 Å². The van der Waals surface area contributed by atoms with Gasteiger partial charge in [0.2, 0.25) is 7.37 Å². The topological polar surface area (TPSA) is 52.6 Å². The molecule has 1 unspecified atom stereocenters. The summed E-state index contributed by atoms with van der Waals surface area (Å²) in [5, 5.41) is 0. The molecule has 0 amide bonds. The second-order valence-electron chi connectivity index (χ2n) is 5.46. The van der Waals surface area contributed by atoms with Crippen molar-refractivity contribution in [1.82, 2.24) is 0 Å². The molecule has 0 fully saturated rings. The summed E-state index contributed by atoms with van der Waals surface area (Å²) >= 11 is 0. The second-order valence-corrected chi connectivity index (χ2v) is 8.02. The van der Waals surface area contributed by atoms with Gasteiger partial charge in [-0.1, -0.05) is 60.7 Å². The maximum atomic E-state index is 12.8. The van der Waals surface area contributed by atoms with Gasteiger partial charge in [-0.15, -0.1) is 0 Å². The van der Waals surface area contributed by atoms with Gasteiger partial charge in [0.1, 0.15) is 0 Å². The van der Waals surface area contributed by atoms with Gasteiger partial charge in [-0.2, -0.15) is 0 Å². The largest absolute Gasteiger partial charge is 0.467 e. The first-order valence-corrected chi connectivity index (χ1v) is 9.66. The van der Waals surface area contributed by atoms with Crippen molar-refractivity contribution in [2.45, 2.75) is 18.7 Å². The average Bonchev–Trinajstić information content (AvgIpc) is 2.54. The molecule has 2 rings (SSSR count). The van der Waals surface area contributed by atoms with Crippen LogP contribution >= 0.6 is 7.37 Å². The van der Waals surface area contributed by atoms with E-state index in [1.165, 1.54) is 7.11 Å². The van der Waals surface area contributed by atoms with Crippen LogP contribution in [0.3, 0.4) is 0 Å². The van der Waals surface area contributed by atoms with Crippen LogP contribution in [0.15, 0.2) is 60.7 Å². The van der Waals surface area contributed by atoms with Crippen molar-refractivity contribution in [3.63, 3.8) is 0 Å². The Balaban J connectivity index is 2.10. The van der Waals surface area contributed by atoms with Crippen molar-refractivity contribution in [2.24, 2.45) is 0 Å². The standard InChI is InChI=1S/C18H21O4P/c1-21-18(19)17(13-15-9-5-3-6-10-15)22-23(2,20)14-16-11-7-4-8-12-16/h3-12,17H,13-14H2,1-2H3/t17-,23?/m0/s1. The van der Waals surface area contributed by atoms with Crippen LogP contribution in [-0.2, 0) is 31.2 Å². The molecule has 0 spiro atoms. The van der Waals surface area contributed by atoms with E-state index in [0.29, 0.717) is 6.42 Å². The lowest BCUT2D eigenvalue weighted by Gasteiger charge is -2.21. The van der Waals surface area contributed by atoms with Gasteiger partial charge >= 0.3 is 5.97 Å². The summed E-state index contributed by atoms with van der Waals surface area (Å²) < 4.78 is 23.2. The van der Waals surface area contributed by atoms with Crippen molar-refractivity contribution in [3.05, 3.63) is 71.8 Å². The molecule has 0 aromatic heterocycles. The number of hydrogen-bond acceptors (Lipinski definition) is 4. The zero-order valence-electron chi connectivity index (χ0n) is 13.3. The Labute approximate surface area is 136 Å². The summed E-state index contributed by atoms with van der Waals surface area (Å²) in [7, 11) is -1.67. The van der Waals surface area contributed by atoms with Gasteiger partial charge < -0.3 is 9.26 Å². The van der Waals surface area contributed by atoms with Gasteiger partial charge in [-0.05, 0) is 11.1 Å². The maximum Gasteiger partial charge on any atom is 0.335 e. The van der Waals surface area contributed by atoms with Crippen LogP contribution in [0.2, 0.25) is 0 Å². The SMILES string of the molecule is COC(=O)[C@H](Cc1ccccc1)OP(C)(=O)Cc1ccccc1. The van der Waals surface area contributed by atoms with Crippen LogP contribution in [0.1, 0.15) is 11.1 Å². The number of methoxy groups -OCH3 is 1. The molecule has 0 radical (unpaired) electrons. The van der Waals surface area contributed by atoms with E-state index in [1.807, 2.05) is 60.7 Å². The predicted molar refractivity (Wildman–Crippen MR) is 90.7 cm³/mol. The molecule has 0 aliphatic rings. The van der Waals surface area contributed by atoms with Crippen LogP contribution < -0.4 is 0 Å². The monoisotopic (exact) mass is 332 g/mol. The smallest absolute Gasteiger partial charge is 0.335 e. The lowest BCUT2D eigenvalue weighted by atomic mass is 10.1. The first-order valence-electron chi connectivity index (χ1n) is 7.41. The van der Waals surface area contributed by atoms with Crippen LogP contribution in [-0.4, -0.2) is 25.8 Å². The average molecular weight is 332 g/mol. The van der Waals surface area contributed by atoms with Gasteiger partial charge in [-0.25, -0.2) is 4.79 Å². The zero-order valence-corrected chi connectivity index (χ0v) is 14.2. The van der Waals surface area contributed by atoms with E-state index in [2.05, 4.69) is 0 Å². The summed E-state index contributed by atoms with van der Waals surface area (Å²) in [6.45, 7) is 1.56. The van der Waals surface area contributed by atoms with Gasteiger partial charge in [0.05, 0.1) is 7.11 Å². The minimum atomic E-state index is -2.98. The molecule has 23 heavy (non-hydrogen) atoms. The molecular formula is C18H21O4P. The minimum absolute atomic E-state index is 0.288. The molecule has 0 saturated heterocycles. The molecule has 5 heteroatoms. The third kappa shape index (κ3) is 5.66. The fraction of sp³-hybridized carbons (Fsp3) is 0.278. The normalized spacial score (nSPS) is 14.7. The van der Waals surface area contributed by atoms with E-state index >= 15 is 0 Å². The molecule has 0 saturated carbocycles. The van der Waals surface area contributed by atoms with E-state index in [9.17, 15) is 9.36 Å². The van der Waals surface area contributed by atoms with Crippen LogP contribution in [0.4, 0.5) is 0 Å². The number of carbonyl (C=O) groups excluding carboxylic acids is 1. The predicted octanol–water partition coefficient (Wildman–Crippen LogP) is 3.90. The van der Waals surface area contributed by atoms with Crippen molar-refractivity contribution >= 4 is 13.3 Å². The number of esters is 1. The van der Waals surface area contributed by atoms with Crippen LogP contribution in [0.5, 0.6) is 0 Å².